The number of rotatable bonds is 6. The molecule has 3 atom stereocenters. The standard InChI is InChI=1S/C15H26N2O3/c1-2-20-14(18)8-5-9-16-15(19)13-10-11-6-3-4-7-12(11)17-13/h11-13,17H,2-10H2,1H3,(H,16,19). The van der Waals surface area contributed by atoms with Crippen molar-refractivity contribution in [2.75, 3.05) is 13.2 Å². The molecule has 3 unspecified atom stereocenters. The third kappa shape index (κ3) is 4.20. The van der Waals surface area contributed by atoms with Gasteiger partial charge in [0.1, 0.15) is 0 Å². The van der Waals surface area contributed by atoms with E-state index in [0.717, 1.165) is 6.42 Å². The van der Waals surface area contributed by atoms with Gasteiger partial charge in [-0.15, -0.1) is 0 Å². The maximum absolute atomic E-state index is 12.1. The number of carbonyl (C=O) groups is 2. The Labute approximate surface area is 120 Å². The Kier molecular flexibility index (Phi) is 5.83. The lowest BCUT2D eigenvalue weighted by Gasteiger charge is -2.24. The molecule has 0 aromatic carbocycles. The molecule has 0 spiro atoms. The topological polar surface area (TPSA) is 67.4 Å². The number of amides is 1. The van der Waals surface area contributed by atoms with Crippen molar-refractivity contribution in [3.8, 4) is 0 Å². The minimum absolute atomic E-state index is 0.0364. The van der Waals surface area contributed by atoms with E-state index >= 15 is 0 Å². The van der Waals surface area contributed by atoms with Gasteiger partial charge in [0.05, 0.1) is 12.6 Å². The average molecular weight is 282 g/mol. The lowest BCUT2D eigenvalue weighted by molar-refractivity contribution is -0.143. The van der Waals surface area contributed by atoms with Crippen molar-refractivity contribution < 1.29 is 14.3 Å². The molecule has 1 aliphatic carbocycles. The van der Waals surface area contributed by atoms with E-state index in [9.17, 15) is 9.59 Å². The Morgan fingerprint density at radius 1 is 1.30 bits per heavy atom. The summed E-state index contributed by atoms with van der Waals surface area (Å²) in [7, 11) is 0. The van der Waals surface area contributed by atoms with Crippen molar-refractivity contribution in [3.63, 3.8) is 0 Å². The molecule has 1 saturated heterocycles. The van der Waals surface area contributed by atoms with E-state index in [1.807, 2.05) is 0 Å². The predicted octanol–water partition coefficient (Wildman–Crippen LogP) is 1.37. The van der Waals surface area contributed by atoms with Crippen molar-refractivity contribution in [2.45, 2.75) is 64.0 Å². The lowest BCUT2D eigenvalue weighted by atomic mass is 9.85. The van der Waals surface area contributed by atoms with Crippen LogP contribution < -0.4 is 10.6 Å². The zero-order chi connectivity index (χ0) is 14.4. The largest absolute Gasteiger partial charge is 0.466 e. The molecule has 1 aliphatic heterocycles. The molecule has 114 valence electrons. The Morgan fingerprint density at radius 2 is 2.10 bits per heavy atom. The van der Waals surface area contributed by atoms with Gasteiger partial charge >= 0.3 is 5.97 Å². The van der Waals surface area contributed by atoms with E-state index in [-0.39, 0.29) is 17.9 Å². The zero-order valence-electron chi connectivity index (χ0n) is 12.3. The summed E-state index contributed by atoms with van der Waals surface area (Å²) >= 11 is 0. The zero-order valence-corrected chi connectivity index (χ0v) is 12.3. The van der Waals surface area contributed by atoms with Crippen LogP contribution in [0.3, 0.4) is 0 Å². The van der Waals surface area contributed by atoms with Crippen LogP contribution in [-0.4, -0.2) is 37.1 Å². The molecule has 5 heteroatoms. The number of carbonyl (C=O) groups excluding carboxylic acids is 2. The van der Waals surface area contributed by atoms with Crippen molar-refractivity contribution in [3.05, 3.63) is 0 Å². The molecular formula is C15H26N2O3. The number of hydrogen-bond acceptors (Lipinski definition) is 4. The van der Waals surface area contributed by atoms with E-state index in [4.69, 9.17) is 4.74 Å². The van der Waals surface area contributed by atoms with Gasteiger partial charge < -0.3 is 15.4 Å². The number of hydrogen-bond donors (Lipinski definition) is 2. The van der Waals surface area contributed by atoms with Crippen molar-refractivity contribution in [1.82, 2.24) is 10.6 Å². The molecule has 0 aromatic heterocycles. The van der Waals surface area contributed by atoms with E-state index < -0.39 is 0 Å². The molecule has 1 heterocycles. The monoisotopic (exact) mass is 282 g/mol. The van der Waals surface area contributed by atoms with Crippen LogP contribution in [0.5, 0.6) is 0 Å². The molecule has 0 bridgehead atoms. The van der Waals surface area contributed by atoms with Gasteiger partial charge in [0.25, 0.3) is 0 Å². The molecule has 2 fully saturated rings. The lowest BCUT2D eigenvalue weighted by Crippen LogP contribution is -2.43. The normalized spacial score (nSPS) is 28.8. The number of nitrogens with one attached hydrogen (secondary N) is 2. The molecule has 0 radical (unpaired) electrons. The Morgan fingerprint density at radius 3 is 2.85 bits per heavy atom. The Balaban J connectivity index is 1.62. The molecule has 0 aromatic rings. The van der Waals surface area contributed by atoms with Crippen LogP contribution in [-0.2, 0) is 14.3 Å². The highest BCUT2D eigenvalue weighted by Gasteiger charge is 2.37. The summed E-state index contributed by atoms with van der Waals surface area (Å²) in [6.07, 6.45) is 7.02. The quantitative estimate of drug-likeness (QED) is 0.570. The van der Waals surface area contributed by atoms with Crippen molar-refractivity contribution >= 4 is 11.9 Å². The van der Waals surface area contributed by atoms with E-state index in [1.165, 1.54) is 25.7 Å². The first-order valence-corrected chi connectivity index (χ1v) is 7.90. The van der Waals surface area contributed by atoms with Gasteiger partial charge in [-0.2, -0.15) is 0 Å². The highest BCUT2D eigenvalue weighted by atomic mass is 16.5. The number of esters is 1. The average Bonchev–Trinajstić information content (AvgIpc) is 2.87. The third-order valence-corrected chi connectivity index (χ3v) is 4.34. The fraction of sp³-hybridized carbons (Fsp3) is 0.867. The molecule has 5 nitrogen and oxygen atoms in total. The van der Waals surface area contributed by atoms with Gasteiger partial charge in [0.15, 0.2) is 0 Å². The minimum Gasteiger partial charge on any atom is -0.466 e. The smallest absolute Gasteiger partial charge is 0.305 e. The van der Waals surface area contributed by atoms with E-state index in [2.05, 4.69) is 10.6 Å². The first-order valence-electron chi connectivity index (χ1n) is 7.90. The van der Waals surface area contributed by atoms with Gasteiger partial charge in [-0.3, -0.25) is 9.59 Å². The fourth-order valence-corrected chi connectivity index (χ4v) is 3.32. The summed E-state index contributed by atoms with van der Waals surface area (Å²) in [5.41, 5.74) is 0. The summed E-state index contributed by atoms with van der Waals surface area (Å²) in [5, 5.41) is 6.38. The minimum atomic E-state index is -0.188. The fourth-order valence-electron chi connectivity index (χ4n) is 3.32. The Bertz CT molecular complexity index is 332. The molecule has 1 saturated carbocycles. The molecule has 20 heavy (non-hydrogen) atoms. The first-order chi connectivity index (χ1) is 9.70. The molecule has 2 aliphatic rings. The van der Waals surface area contributed by atoms with E-state index in [0.29, 0.717) is 38.0 Å². The van der Waals surface area contributed by atoms with Gasteiger partial charge in [-0.1, -0.05) is 12.8 Å². The second-order valence-corrected chi connectivity index (χ2v) is 5.81. The highest BCUT2D eigenvalue weighted by Crippen LogP contribution is 2.33. The van der Waals surface area contributed by atoms with Crippen LogP contribution in [0, 0.1) is 5.92 Å². The van der Waals surface area contributed by atoms with Crippen LogP contribution in [0.2, 0.25) is 0 Å². The van der Waals surface area contributed by atoms with E-state index in [1.54, 1.807) is 6.92 Å². The predicted molar refractivity (Wildman–Crippen MR) is 76.2 cm³/mol. The molecular weight excluding hydrogens is 256 g/mol. The van der Waals surface area contributed by atoms with Gasteiger partial charge in [-0.25, -0.2) is 0 Å². The molecule has 2 rings (SSSR count). The SMILES string of the molecule is CCOC(=O)CCCNC(=O)C1CC2CCCCC2N1. The van der Waals surface area contributed by atoms with Gasteiger partial charge in [0.2, 0.25) is 5.91 Å². The second-order valence-electron chi connectivity index (χ2n) is 5.81. The van der Waals surface area contributed by atoms with Crippen LogP contribution in [0.4, 0.5) is 0 Å². The Hall–Kier alpha value is -1.10. The first kappa shape index (κ1) is 15.3. The van der Waals surface area contributed by atoms with Gasteiger partial charge in [0, 0.05) is 19.0 Å². The molecule has 1 amide bonds. The second kappa shape index (κ2) is 7.62. The maximum Gasteiger partial charge on any atom is 0.305 e. The van der Waals surface area contributed by atoms with Crippen LogP contribution >= 0.6 is 0 Å². The number of fused-ring (bicyclic) bond motifs is 1. The third-order valence-electron chi connectivity index (χ3n) is 4.34. The number of ether oxygens (including phenoxy) is 1. The maximum atomic E-state index is 12.1. The van der Waals surface area contributed by atoms with Gasteiger partial charge in [-0.05, 0) is 38.5 Å². The summed E-state index contributed by atoms with van der Waals surface area (Å²) in [6, 6.07) is 0.504. The summed E-state index contributed by atoms with van der Waals surface area (Å²) in [5.74, 6) is 0.578. The summed E-state index contributed by atoms with van der Waals surface area (Å²) in [6.45, 7) is 2.76. The highest BCUT2D eigenvalue weighted by molar-refractivity contribution is 5.82. The van der Waals surface area contributed by atoms with Crippen molar-refractivity contribution in [2.24, 2.45) is 5.92 Å². The van der Waals surface area contributed by atoms with Crippen LogP contribution in [0.1, 0.15) is 51.9 Å². The summed E-state index contributed by atoms with van der Waals surface area (Å²) < 4.78 is 4.85. The van der Waals surface area contributed by atoms with Crippen LogP contribution in [0.15, 0.2) is 0 Å². The van der Waals surface area contributed by atoms with Crippen molar-refractivity contribution in [1.29, 1.82) is 0 Å². The molecule has 2 N–H and O–H groups in total. The summed E-state index contributed by atoms with van der Waals surface area (Å²) in [4.78, 5) is 23.2. The van der Waals surface area contributed by atoms with Crippen LogP contribution in [0.25, 0.3) is 0 Å².